The van der Waals surface area contributed by atoms with Crippen molar-refractivity contribution >= 4 is 0 Å². The lowest BCUT2D eigenvalue weighted by atomic mass is 9.84. The van der Waals surface area contributed by atoms with Crippen LogP contribution in [0, 0.1) is 5.82 Å². The molecule has 0 aliphatic carbocycles. The van der Waals surface area contributed by atoms with Gasteiger partial charge in [-0.05, 0) is 30.2 Å². The van der Waals surface area contributed by atoms with Crippen LogP contribution >= 0.6 is 0 Å². The summed E-state index contributed by atoms with van der Waals surface area (Å²) in [6.07, 6.45) is -2.60. The highest BCUT2D eigenvalue weighted by atomic mass is 19.4. The molecule has 1 aromatic carbocycles. The van der Waals surface area contributed by atoms with Gasteiger partial charge in [-0.25, -0.2) is 4.39 Å². The van der Waals surface area contributed by atoms with Gasteiger partial charge >= 0.3 is 6.18 Å². The predicted molar refractivity (Wildman–Crippen MR) is 78.0 cm³/mol. The number of nitrogens with zero attached hydrogens (tertiary/aromatic N) is 1. The van der Waals surface area contributed by atoms with Crippen LogP contribution in [0.4, 0.5) is 17.6 Å². The first-order valence-corrected chi connectivity index (χ1v) is 6.99. The normalized spacial score (nSPS) is 12.5. The number of halogens is 4. The van der Waals surface area contributed by atoms with Crippen LogP contribution in [0.25, 0.3) is 11.1 Å². The molecule has 1 aromatic heterocycles. The molecule has 0 atom stereocenters. The molecule has 0 N–H and O–H groups in total. The molecule has 2 rings (SSSR count). The standard InChI is InChI=1S/C17H17F4N/c1-4-16(2,3)15-9-14(17(19,20)21)13(10-22-15)11-5-7-12(18)8-6-11/h5-10H,4H2,1-3H3. The van der Waals surface area contributed by atoms with E-state index >= 15 is 0 Å². The fourth-order valence-corrected chi connectivity index (χ4v) is 2.10. The first kappa shape index (κ1) is 16.5. The second kappa shape index (κ2) is 5.71. The summed E-state index contributed by atoms with van der Waals surface area (Å²) in [6.45, 7) is 5.61. The van der Waals surface area contributed by atoms with Gasteiger partial charge in [-0.2, -0.15) is 13.2 Å². The van der Waals surface area contributed by atoms with Crippen molar-refractivity contribution in [2.75, 3.05) is 0 Å². The van der Waals surface area contributed by atoms with E-state index < -0.39 is 23.0 Å². The van der Waals surface area contributed by atoms with Gasteiger partial charge in [-0.1, -0.05) is 32.9 Å². The Morgan fingerprint density at radius 3 is 2.14 bits per heavy atom. The smallest absolute Gasteiger partial charge is 0.260 e. The molecule has 0 saturated heterocycles. The molecule has 1 nitrogen and oxygen atoms in total. The van der Waals surface area contributed by atoms with Gasteiger partial charge in [0.1, 0.15) is 5.82 Å². The van der Waals surface area contributed by atoms with Gasteiger partial charge in [-0.15, -0.1) is 0 Å². The van der Waals surface area contributed by atoms with Gasteiger partial charge in [0.15, 0.2) is 0 Å². The van der Waals surface area contributed by atoms with Crippen molar-refractivity contribution in [2.24, 2.45) is 0 Å². The molecule has 0 fully saturated rings. The van der Waals surface area contributed by atoms with Crippen LogP contribution < -0.4 is 0 Å². The lowest BCUT2D eigenvalue weighted by Gasteiger charge is -2.24. The van der Waals surface area contributed by atoms with E-state index in [0.29, 0.717) is 17.7 Å². The van der Waals surface area contributed by atoms with E-state index in [9.17, 15) is 17.6 Å². The SMILES string of the molecule is CCC(C)(C)c1cc(C(F)(F)F)c(-c2ccc(F)cc2)cn1. The number of alkyl halides is 3. The fraction of sp³-hybridized carbons (Fsp3) is 0.353. The first-order valence-electron chi connectivity index (χ1n) is 6.99. The molecular formula is C17H17F4N. The third kappa shape index (κ3) is 3.29. The molecule has 0 bridgehead atoms. The van der Waals surface area contributed by atoms with Crippen LogP contribution in [0.3, 0.4) is 0 Å². The second-order valence-corrected chi connectivity index (χ2v) is 5.86. The molecule has 5 heteroatoms. The van der Waals surface area contributed by atoms with E-state index in [4.69, 9.17) is 0 Å². The monoisotopic (exact) mass is 311 g/mol. The summed E-state index contributed by atoms with van der Waals surface area (Å²) in [6, 6.07) is 6.03. The zero-order valence-corrected chi connectivity index (χ0v) is 12.6. The van der Waals surface area contributed by atoms with Crippen LogP contribution in [0.1, 0.15) is 38.4 Å². The highest BCUT2D eigenvalue weighted by Crippen LogP contribution is 2.39. The molecule has 0 spiro atoms. The van der Waals surface area contributed by atoms with E-state index in [1.807, 2.05) is 20.8 Å². The van der Waals surface area contributed by atoms with E-state index in [0.717, 1.165) is 18.2 Å². The Hall–Kier alpha value is -1.91. The van der Waals surface area contributed by atoms with Gasteiger partial charge in [0.25, 0.3) is 0 Å². The third-order valence-electron chi connectivity index (χ3n) is 3.94. The topological polar surface area (TPSA) is 12.9 Å². The number of hydrogen-bond donors (Lipinski definition) is 0. The lowest BCUT2D eigenvalue weighted by molar-refractivity contribution is -0.137. The minimum absolute atomic E-state index is 0.0387. The van der Waals surface area contributed by atoms with E-state index in [2.05, 4.69) is 4.98 Å². The molecule has 0 saturated carbocycles. The highest BCUT2D eigenvalue weighted by molar-refractivity contribution is 5.67. The van der Waals surface area contributed by atoms with Crippen molar-refractivity contribution in [1.29, 1.82) is 0 Å². The van der Waals surface area contributed by atoms with Crippen molar-refractivity contribution in [2.45, 2.75) is 38.8 Å². The Labute approximate surface area is 127 Å². The summed E-state index contributed by atoms with van der Waals surface area (Å²) in [5.74, 6) is -0.492. The summed E-state index contributed by atoms with van der Waals surface area (Å²) >= 11 is 0. The van der Waals surface area contributed by atoms with Crippen molar-refractivity contribution < 1.29 is 17.6 Å². The average Bonchev–Trinajstić information content (AvgIpc) is 2.46. The molecule has 0 unspecified atom stereocenters. The number of pyridine rings is 1. The zero-order valence-electron chi connectivity index (χ0n) is 12.6. The van der Waals surface area contributed by atoms with E-state index in [1.54, 1.807) is 0 Å². The van der Waals surface area contributed by atoms with Gasteiger partial charge in [-0.3, -0.25) is 4.98 Å². The third-order valence-corrected chi connectivity index (χ3v) is 3.94. The van der Waals surface area contributed by atoms with Crippen molar-refractivity contribution in [3.63, 3.8) is 0 Å². The largest absolute Gasteiger partial charge is 0.417 e. The molecule has 1 heterocycles. The summed E-state index contributed by atoms with van der Waals surface area (Å²) in [4.78, 5) is 4.20. The summed E-state index contributed by atoms with van der Waals surface area (Å²) in [5, 5.41) is 0. The Balaban J connectivity index is 2.62. The lowest BCUT2D eigenvalue weighted by Crippen LogP contribution is -2.19. The number of benzene rings is 1. The minimum atomic E-state index is -4.49. The van der Waals surface area contributed by atoms with Crippen molar-refractivity contribution in [3.8, 4) is 11.1 Å². The Kier molecular flexibility index (Phi) is 4.27. The molecule has 22 heavy (non-hydrogen) atoms. The maximum absolute atomic E-state index is 13.4. The maximum atomic E-state index is 13.4. The van der Waals surface area contributed by atoms with Crippen molar-refractivity contribution in [3.05, 3.63) is 53.6 Å². The van der Waals surface area contributed by atoms with Crippen LogP contribution in [-0.4, -0.2) is 4.98 Å². The molecule has 0 aliphatic heterocycles. The minimum Gasteiger partial charge on any atom is -0.260 e. The maximum Gasteiger partial charge on any atom is 0.417 e. The van der Waals surface area contributed by atoms with Crippen LogP contribution in [0.2, 0.25) is 0 Å². The van der Waals surface area contributed by atoms with E-state index in [1.165, 1.54) is 18.3 Å². The zero-order chi connectivity index (χ0) is 16.5. The Bertz CT molecular complexity index is 657. The summed E-state index contributed by atoms with van der Waals surface area (Å²) < 4.78 is 53.1. The van der Waals surface area contributed by atoms with E-state index in [-0.39, 0.29) is 5.56 Å². The van der Waals surface area contributed by atoms with Crippen molar-refractivity contribution in [1.82, 2.24) is 4.98 Å². The summed E-state index contributed by atoms with van der Waals surface area (Å²) in [5.41, 5.74) is -0.537. The van der Waals surface area contributed by atoms with Gasteiger partial charge in [0, 0.05) is 22.9 Å². The molecular weight excluding hydrogens is 294 g/mol. The molecule has 0 aliphatic rings. The van der Waals surface area contributed by atoms with Crippen LogP contribution in [-0.2, 0) is 11.6 Å². The molecule has 118 valence electrons. The first-order chi connectivity index (χ1) is 10.1. The second-order valence-electron chi connectivity index (χ2n) is 5.86. The van der Waals surface area contributed by atoms with Gasteiger partial charge in [0.2, 0.25) is 0 Å². The molecule has 0 radical (unpaired) electrons. The number of aromatic nitrogens is 1. The Morgan fingerprint density at radius 1 is 1.05 bits per heavy atom. The highest BCUT2D eigenvalue weighted by Gasteiger charge is 2.35. The predicted octanol–water partition coefficient (Wildman–Crippen LogP) is 5.59. The average molecular weight is 311 g/mol. The number of hydrogen-bond acceptors (Lipinski definition) is 1. The van der Waals surface area contributed by atoms with Gasteiger partial charge < -0.3 is 0 Å². The van der Waals surface area contributed by atoms with Crippen LogP contribution in [0.5, 0.6) is 0 Å². The summed E-state index contributed by atoms with van der Waals surface area (Å²) in [7, 11) is 0. The van der Waals surface area contributed by atoms with Crippen LogP contribution in [0.15, 0.2) is 36.5 Å². The Morgan fingerprint density at radius 2 is 1.64 bits per heavy atom. The molecule has 2 aromatic rings. The fourth-order valence-electron chi connectivity index (χ4n) is 2.10. The molecule has 0 amide bonds. The van der Waals surface area contributed by atoms with Gasteiger partial charge in [0.05, 0.1) is 5.56 Å². The number of rotatable bonds is 3. The quantitative estimate of drug-likeness (QED) is 0.673.